The Balaban J connectivity index is 0.000000367. The largest absolute Gasteiger partial charge is 0.374 e. The van der Waals surface area contributed by atoms with E-state index in [-0.39, 0.29) is 24.8 Å². The van der Waals surface area contributed by atoms with Crippen LogP contribution in [0, 0.1) is 5.92 Å². The predicted molar refractivity (Wildman–Crippen MR) is 206 cm³/mol. The molecule has 3 aromatic carbocycles. The molecule has 0 bridgehead atoms. The fraction of sp³-hybridized carbons (Fsp3) is 0.366. The number of ketones is 1. The van der Waals surface area contributed by atoms with Crippen LogP contribution in [-0.4, -0.2) is 45.3 Å². The van der Waals surface area contributed by atoms with E-state index in [9.17, 15) is 14.4 Å². The molecule has 4 N–H and O–H groups in total. The summed E-state index contributed by atoms with van der Waals surface area (Å²) in [6, 6.07) is 25.2. The number of anilines is 1. The zero-order valence-electron chi connectivity index (χ0n) is 30.4. The fourth-order valence-electron chi connectivity index (χ4n) is 5.49. The smallest absolute Gasteiger partial charge is 0.250 e. The molecule has 0 saturated carbocycles. The lowest BCUT2D eigenvalue weighted by atomic mass is 9.87. The molecule has 0 aliphatic carbocycles. The molecule has 4 aromatic rings. The number of imidazole rings is 1. The van der Waals surface area contributed by atoms with Gasteiger partial charge in [0.25, 0.3) is 5.91 Å². The number of benzene rings is 3. The third-order valence-corrected chi connectivity index (χ3v) is 8.49. The maximum absolute atomic E-state index is 13.0. The highest BCUT2D eigenvalue weighted by Gasteiger charge is 2.29. The number of ether oxygens (including phenoxy) is 1. The third kappa shape index (κ3) is 13.2. The molecule has 51 heavy (non-hydrogen) atoms. The van der Waals surface area contributed by atoms with Crippen LogP contribution in [0.3, 0.4) is 0 Å². The highest BCUT2D eigenvalue weighted by Crippen LogP contribution is 2.30. The van der Waals surface area contributed by atoms with Crippen molar-refractivity contribution in [1.29, 1.82) is 0 Å². The first-order valence-electron chi connectivity index (χ1n) is 17.4. The van der Waals surface area contributed by atoms with E-state index >= 15 is 0 Å². The summed E-state index contributed by atoms with van der Waals surface area (Å²) >= 11 is 5.89. The highest BCUT2D eigenvalue weighted by molar-refractivity contribution is 6.30. The van der Waals surface area contributed by atoms with Crippen LogP contribution in [0.2, 0.25) is 5.02 Å². The van der Waals surface area contributed by atoms with Gasteiger partial charge in [0.15, 0.2) is 11.6 Å². The first-order valence-corrected chi connectivity index (χ1v) is 17.8. The second-order valence-corrected chi connectivity index (χ2v) is 13.6. The number of nitrogens with one attached hydrogen (secondary N) is 2. The number of hydrogen-bond donors (Lipinski definition) is 3. The second-order valence-electron chi connectivity index (χ2n) is 13.2. The number of allylic oxidation sites excluding steroid dienone is 1. The van der Waals surface area contributed by atoms with Crippen molar-refractivity contribution in [3.8, 4) is 0 Å². The Labute approximate surface area is 307 Å². The van der Waals surface area contributed by atoms with E-state index < -0.39 is 29.4 Å². The number of Topliss-reactive ketones (excluding diaryl/α,β-unsaturated/α-hetero) is 1. The van der Waals surface area contributed by atoms with E-state index in [4.69, 9.17) is 22.1 Å². The van der Waals surface area contributed by atoms with Gasteiger partial charge >= 0.3 is 0 Å². The van der Waals surface area contributed by atoms with Gasteiger partial charge in [-0.25, -0.2) is 4.98 Å². The Hall–Kier alpha value is -4.57. The van der Waals surface area contributed by atoms with Gasteiger partial charge in [0, 0.05) is 11.2 Å². The number of nitrogens with two attached hydrogens (primary N) is 1. The van der Waals surface area contributed by atoms with Gasteiger partial charge in [-0.05, 0) is 73.9 Å². The molecule has 1 heterocycles. The highest BCUT2D eigenvalue weighted by atomic mass is 35.5. The van der Waals surface area contributed by atoms with Gasteiger partial charge in [-0.2, -0.15) is 0 Å². The predicted octanol–water partition coefficient (Wildman–Crippen LogP) is 8.01. The van der Waals surface area contributed by atoms with E-state index in [1.807, 2.05) is 72.8 Å². The monoisotopic (exact) mass is 713 g/mol. The summed E-state index contributed by atoms with van der Waals surface area (Å²) in [5, 5.41) is 6.13. The van der Waals surface area contributed by atoms with E-state index in [2.05, 4.69) is 48.2 Å². The van der Waals surface area contributed by atoms with Crippen LogP contribution in [0.4, 0.5) is 5.82 Å². The van der Waals surface area contributed by atoms with Crippen molar-refractivity contribution in [3.05, 3.63) is 126 Å². The van der Waals surface area contributed by atoms with Crippen LogP contribution in [0.25, 0.3) is 5.57 Å². The number of carbonyl (C=O) groups excluding carboxylic acids is 3. The number of hydrogen-bond acceptors (Lipinski definition) is 6. The molecule has 0 radical (unpaired) electrons. The molecule has 2 unspecified atom stereocenters. The Morgan fingerprint density at radius 2 is 1.53 bits per heavy atom. The summed E-state index contributed by atoms with van der Waals surface area (Å²) in [5.41, 5.74) is 8.95. The van der Waals surface area contributed by atoms with E-state index in [1.165, 1.54) is 50.1 Å². The Morgan fingerprint density at radius 3 is 2.08 bits per heavy atom. The van der Waals surface area contributed by atoms with Gasteiger partial charge in [-0.3, -0.25) is 14.4 Å². The summed E-state index contributed by atoms with van der Waals surface area (Å²) in [6.07, 6.45) is 7.96. The van der Waals surface area contributed by atoms with Crippen LogP contribution in [-0.2, 0) is 25.7 Å². The third-order valence-electron chi connectivity index (χ3n) is 8.24. The van der Waals surface area contributed by atoms with Crippen molar-refractivity contribution in [2.75, 3.05) is 11.9 Å². The molecule has 0 fully saturated rings. The zero-order chi connectivity index (χ0) is 37.4. The molecular formula is C41H52ClN5O4. The average Bonchev–Trinajstić information content (AvgIpc) is 3.55. The van der Waals surface area contributed by atoms with E-state index in [0.717, 1.165) is 16.1 Å². The molecule has 0 spiro atoms. The van der Waals surface area contributed by atoms with Crippen LogP contribution in [0.15, 0.2) is 104 Å². The molecule has 2 amide bonds. The van der Waals surface area contributed by atoms with Crippen molar-refractivity contribution in [1.82, 2.24) is 14.9 Å². The molecule has 0 aliphatic heterocycles. The van der Waals surface area contributed by atoms with Crippen molar-refractivity contribution in [3.63, 3.8) is 0 Å². The van der Waals surface area contributed by atoms with Crippen LogP contribution >= 0.6 is 11.6 Å². The van der Waals surface area contributed by atoms with Crippen molar-refractivity contribution in [2.45, 2.75) is 84.5 Å². The summed E-state index contributed by atoms with van der Waals surface area (Å²) in [4.78, 5) is 42.0. The van der Waals surface area contributed by atoms with Crippen molar-refractivity contribution >= 4 is 40.6 Å². The summed E-state index contributed by atoms with van der Waals surface area (Å²) < 4.78 is 7.34. The quantitative estimate of drug-likeness (QED) is 0.102. The maximum atomic E-state index is 13.0. The number of halogens is 1. The molecule has 10 heteroatoms. The van der Waals surface area contributed by atoms with Crippen molar-refractivity contribution in [2.24, 2.45) is 11.7 Å². The fourth-order valence-corrected chi connectivity index (χ4v) is 5.62. The molecule has 0 saturated heterocycles. The second kappa shape index (κ2) is 20.3. The number of amides is 2. The van der Waals surface area contributed by atoms with Crippen LogP contribution in [0.1, 0.15) is 83.0 Å². The van der Waals surface area contributed by atoms with Crippen molar-refractivity contribution < 1.29 is 19.1 Å². The summed E-state index contributed by atoms with van der Waals surface area (Å²) in [7, 11) is 0. The molecule has 272 valence electrons. The van der Waals surface area contributed by atoms with Gasteiger partial charge in [0.05, 0.1) is 25.1 Å². The van der Waals surface area contributed by atoms with Gasteiger partial charge < -0.3 is 25.7 Å². The standard InChI is InChI=1S/C26H31N5O4.C15H21Cl/c1-18(32)23(20-12-8-5-9-13-20)31-14-22(28-17-31)30-24(33)21(29-25(34)26(2,3)27)16-35-15-19-10-6-4-7-11-19;1-4-6-13(7-5-2)12(3)14-8-10-15(16)11-9-14/h4-14,17,21,23H,15-16,27H2,1-3H3,(H,29,34)(H,30,33);8-11,13H,3-7H2,1-2H3. The van der Waals surface area contributed by atoms with Gasteiger partial charge in [-0.1, -0.05) is 118 Å². The lowest BCUT2D eigenvalue weighted by Gasteiger charge is -2.23. The van der Waals surface area contributed by atoms with E-state index in [0.29, 0.717) is 5.92 Å². The molecule has 4 rings (SSSR count). The minimum atomic E-state index is -1.18. The van der Waals surface area contributed by atoms with Gasteiger partial charge in [-0.15, -0.1) is 0 Å². The maximum Gasteiger partial charge on any atom is 0.250 e. The Bertz CT molecular complexity index is 1680. The van der Waals surface area contributed by atoms with Crippen LogP contribution in [0.5, 0.6) is 0 Å². The molecule has 2 atom stereocenters. The topological polar surface area (TPSA) is 128 Å². The minimum absolute atomic E-state index is 0.0661. The SMILES string of the molecule is C=C(c1ccc(Cl)cc1)C(CCC)CCC.CC(=O)C(c1ccccc1)n1cnc(NC(=O)C(COCc2ccccc2)NC(=O)C(C)(C)N)c1. The number of carbonyl (C=O) groups is 3. The molecule has 9 nitrogen and oxygen atoms in total. The summed E-state index contributed by atoms with van der Waals surface area (Å²) in [6.45, 7) is 13.5. The Morgan fingerprint density at radius 1 is 0.941 bits per heavy atom. The zero-order valence-corrected chi connectivity index (χ0v) is 31.2. The molecule has 0 aliphatic rings. The first-order chi connectivity index (χ1) is 24.3. The lowest BCUT2D eigenvalue weighted by Crippen LogP contribution is -2.56. The normalized spacial score (nSPS) is 12.3. The Kier molecular flexibility index (Phi) is 16.3. The lowest BCUT2D eigenvalue weighted by molar-refractivity contribution is -0.130. The number of aromatic nitrogens is 2. The number of nitrogens with zero attached hydrogens (tertiary/aromatic N) is 2. The average molecular weight is 714 g/mol. The number of rotatable bonds is 17. The molecular weight excluding hydrogens is 662 g/mol. The van der Waals surface area contributed by atoms with Gasteiger partial charge in [0.1, 0.15) is 12.1 Å². The minimum Gasteiger partial charge on any atom is -0.374 e. The van der Waals surface area contributed by atoms with E-state index in [1.54, 1.807) is 24.6 Å². The summed E-state index contributed by atoms with van der Waals surface area (Å²) in [5.74, 6) is -0.217. The first kappa shape index (κ1) is 40.9. The van der Waals surface area contributed by atoms with Gasteiger partial charge in [0.2, 0.25) is 5.91 Å². The van der Waals surface area contributed by atoms with Crippen LogP contribution < -0.4 is 16.4 Å². The molecule has 1 aromatic heterocycles.